The second kappa shape index (κ2) is 10.1. The molecule has 0 radical (unpaired) electrons. The fourth-order valence-corrected chi connectivity index (χ4v) is 5.17. The van der Waals surface area contributed by atoms with E-state index in [9.17, 15) is 9.59 Å². The highest BCUT2D eigenvalue weighted by Gasteiger charge is 2.27. The summed E-state index contributed by atoms with van der Waals surface area (Å²) < 4.78 is 15.9. The van der Waals surface area contributed by atoms with Gasteiger partial charge in [0.05, 0.1) is 32.0 Å². The number of esters is 1. The number of hydrogen-bond acceptors (Lipinski definition) is 9. The second-order valence-electron chi connectivity index (χ2n) is 7.64. The van der Waals surface area contributed by atoms with Crippen molar-refractivity contribution in [3.05, 3.63) is 40.3 Å². The van der Waals surface area contributed by atoms with Crippen LogP contribution < -0.4 is 5.32 Å². The number of rotatable bonds is 9. The Morgan fingerprint density at radius 3 is 2.88 bits per heavy atom. The maximum atomic E-state index is 12.9. The number of nitrogens with one attached hydrogen (secondary N) is 1. The van der Waals surface area contributed by atoms with Crippen molar-refractivity contribution < 1.29 is 23.2 Å². The van der Waals surface area contributed by atoms with Crippen molar-refractivity contribution in [3.63, 3.8) is 0 Å². The predicted molar refractivity (Wildman–Crippen MR) is 118 cm³/mol. The van der Waals surface area contributed by atoms with Crippen LogP contribution in [0, 0.1) is 0 Å². The number of fused-ring (bicyclic) bond motifs is 1. The van der Waals surface area contributed by atoms with E-state index < -0.39 is 5.97 Å². The Kier molecular flexibility index (Phi) is 7.01. The van der Waals surface area contributed by atoms with Crippen LogP contribution in [0.4, 0.5) is 5.00 Å². The summed E-state index contributed by atoms with van der Waals surface area (Å²) in [6.45, 7) is 3.18. The molecule has 0 aromatic carbocycles. The Bertz CT molecular complexity index is 1070. The fourth-order valence-electron chi connectivity index (χ4n) is 3.88. The van der Waals surface area contributed by atoms with Gasteiger partial charge in [0.1, 0.15) is 5.00 Å². The summed E-state index contributed by atoms with van der Waals surface area (Å²) in [5, 5.41) is 11.6. The predicted octanol–water partition coefficient (Wildman–Crippen LogP) is 3.91. The normalized spacial score (nSPS) is 13.2. The van der Waals surface area contributed by atoms with Gasteiger partial charge in [-0.05, 0) is 56.3 Å². The van der Waals surface area contributed by atoms with Crippen LogP contribution in [0.15, 0.2) is 27.2 Å². The molecule has 10 heteroatoms. The average Bonchev–Trinajstić information content (AvgIpc) is 3.52. The zero-order valence-electron chi connectivity index (χ0n) is 18.2. The van der Waals surface area contributed by atoms with Crippen LogP contribution in [0.5, 0.6) is 0 Å². The zero-order chi connectivity index (χ0) is 22.5. The van der Waals surface area contributed by atoms with E-state index >= 15 is 0 Å². The minimum absolute atomic E-state index is 0.134. The quantitative estimate of drug-likeness (QED) is 0.481. The van der Waals surface area contributed by atoms with E-state index in [4.69, 9.17) is 13.6 Å². The minimum atomic E-state index is -0.401. The van der Waals surface area contributed by atoms with E-state index in [0.29, 0.717) is 41.2 Å². The first-order valence-electron chi connectivity index (χ1n) is 10.7. The number of carbonyl (C=O) groups excluding carboxylic acids is 2. The summed E-state index contributed by atoms with van der Waals surface area (Å²) in [6, 6.07) is 3.49. The molecule has 170 valence electrons. The van der Waals surface area contributed by atoms with Crippen molar-refractivity contribution >= 4 is 28.2 Å². The van der Waals surface area contributed by atoms with Gasteiger partial charge in [-0.25, -0.2) is 4.79 Å². The van der Waals surface area contributed by atoms with Crippen LogP contribution in [0.3, 0.4) is 0 Å². The highest BCUT2D eigenvalue weighted by Crippen LogP contribution is 2.38. The molecule has 1 N–H and O–H groups in total. The lowest BCUT2D eigenvalue weighted by atomic mass is 9.95. The number of thiophene rings is 1. The molecule has 0 atom stereocenters. The van der Waals surface area contributed by atoms with Gasteiger partial charge in [0, 0.05) is 4.88 Å². The molecule has 4 rings (SSSR count). The van der Waals surface area contributed by atoms with Crippen molar-refractivity contribution in [3.8, 4) is 11.7 Å². The lowest BCUT2D eigenvalue weighted by Gasteiger charge is -2.19. The first-order chi connectivity index (χ1) is 15.6. The van der Waals surface area contributed by atoms with Crippen molar-refractivity contribution in [1.82, 2.24) is 15.1 Å². The van der Waals surface area contributed by atoms with Gasteiger partial charge >= 0.3 is 5.97 Å². The molecule has 0 aliphatic heterocycles. The summed E-state index contributed by atoms with van der Waals surface area (Å²) in [4.78, 5) is 28.4. The number of amides is 1. The molecule has 0 saturated heterocycles. The Morgan fingerprint density at radius 1 is 1.28 bits per heavy atom. The average molecular weight is 459 g/mol. The van der Waals surface area contributed by atoms with E-state index in [1.165, 1.54) is 24.7 Å². The SMILES string of the molecule is CCCN(CC(=O)Nc1sc2c(c1C(=O)OC)CCCC2)Cc1nnc(-c2ccco2)o1. The summed E-state index contributed by atoms with van der Waals surface area (Å²) >= 11 is 1.48. The number of nitrogens with zero attached hydrogens (tertiary/aromatic N) is 3. The molecule has 3 aromatic heterocycles. The summed E-state index contributed by atoms with van der Waals surface area (Å²) in [6.07, 6.45) is 6.29. The molecular weight excluding hydrogens is 432 g/mol. The Morgan fingerprint density at radius 2 is 2.12 bits per heavy atom. The first-order valence-corrected chi connectivity index (χ1v) is 11.5. The van der Waals surface area contributed by atoms with Crippen LogP contribution in [-0.4, -0.2) is 47.2 Å². The highest BCUT2D eigenvalue weighted by atomic mass is 32.1. The van der Waals surface area contributed by atoms with Crippen LogP contribution in [0.1, 0.15) is 52.9 Å². The maximum Gasteiger partial charge on any atom is 0.341 e. The van der Waals surface area contributed by atoms with E-state index in [2.05, 4.69) is 15.5 Å². The molecule has 0 fully saturated rings. The van der Waals surface area contributed by atoms with Crippen LogP contribution >= 0.6 is 11.3 Å². The summed E-state index contributed by atoms with van der Waals surface area (Å²) in [5.74, 6) is 0.604. The Labute approximate surface area is 189 Å². The van der Waals surface area contributed by atoms with E-state index in [-0.39, 0.29) is 12.5 Å². The number of furan rings is 1. The van der Waals surface area contributed by atoms with Gasteiger partial charge in [0.25, 0.3) is 5.89 Å². The van der Waals surface area contributed by atoms with Crippen molar-refractivity contribution in [2.45, 2.75) is 45.6 Å². The molecule has 0 saturated carbocycles. The topological polar surface area (TPSA) is 111 Å². The highest BCUT2D eigenvalue weighted by molar-refractivity contribution is 7.17. The third-order valence-electron chi connectivity index (χ3n) is 5.28. The molecule has 1 aliphatic carbocycles. The van der Waals surface area contributed by atoms with Gasteiger partial charge in [0.15, 0.2) is 5.76 Å². The van der Waals surface area contributed by atoms with Gasteiger partial charge in [0.2, 0.25) is 11.8 Å². The van der Waals surface area contributed by atoms with Crippen LogP contribution in [-0.2, 0) is 28.9 Å². The molecular formula is C22H26N4O5S. The van der Waals surface area contributed by atoms with Crippen molar-refractivity contribution in [2.24, 2.45) is 0 Å². The third-order valence-corrected chi connectivity index (χ3v) is 6.49. The van der Waals surface area contributed by atoms with Gasteiger partial charge in [-0.3, -0.25) is 9.69 Å². The lowest BCUT2D eigenvalue weighted by molar-refractivity contribution is -0.117. The molecule has 0 spiro atoms. The van der Waals surface area contributed by atoms with E-state index in [1.54, 1.807) is 12.1 Å². The maximum absolute atomic E-state index is 12.9. The molecule has 3 heterocycles. The van der Waals surface area contributed by atoms with Gasteiger partial charge < -0.3 is 18.9 Å². The largest absolute Gasteiger partial charge is 0.465 e. The first kappa shape index (κ1) is 22.2. The lowest BCUT2D eigenvalue weighted by Crippen LogP contribution is -2.33. The van der Waals surface area contributed by atoms with E-state index in [0.717, 1.165) is 42.5 Å². The van der Waals surface area contributed by atoms with Gasteiger partial charge in [-0.15, -0.1) is 21.5 Å². The number of anilines is 1. The molecule has 1 amide bonds. The van der Waals surface area contributed by atoms with Crippen molar-refractivity contribution in [1.29, 1.82) is 0 Å². The third kappa shape index (κ3) is 4.91. The van der Waals surface area contributed by atoms with Crippen LogP contribution in [0.25, 0.3) is 11.7 Å². The smallest absolute Gasteiger partial charge is 0.341 e. The standard InChI is InChI=1S/C22H26N4O5S/c1-3-10-26(13-18-24-25-20(31-18)15-8-6-11-30-15)12-17(27)23-21-19(22(28)29-2)14-7-4-5-9-16(14)32-21/h6,8,11H,3-5,7,9-10,12-13H2,1-2H3,(H,23,27). The number of methoxy groups -OCH3 is 1. The molecule has 1 aliphatic rings. The Balaban J connectivity index is 1.45. The molecule has 9 nitrogen and oxygen atoms in total. The summed E-state index contributed by atoms with van der Waals surface area (Å²) in [7, 11) is 1.37. The van der Waals surface area contributed by atoms with Gasteiger partial charge in [-0.1, -0.05) is 6.92 Å². The second-order valence-corrected chi connectivity index (χ2v) is 8.75. The minimum Gasteiger partial charge on any atom is -0.465 e. The van der Waals surface area contributed by atoms with E-state index in [1.807, 2.05) is 11.8 Å². The zero-order valence-corrected chi connectivity index (χ0v) is 19.0. The number of hydrogen-bond donors (Lipinski definition) is 1. The molecule has 3 aromatic rings. The number of aromatic nitrogens is 2. The van der Waals surface area contributed by atoms with Crippen molar-refractivity contribution in [2.75, 3.05) is 25.5 Å². The summed E-state index contributed by atoms with van der Waals surface area (Å²) in [5.41, 5.74) is 1.52. The fraction of sp³-hybridized carbons (Fsp3) is 0.455. The Hall–Kier alpha value is -2.98. The number of aryl methyl sites for hydroxylation is 1. The molecule has 0 bridgehead atoms. The molecule has 0 unspecified atom stereocenters. The van der Waals surface area contributed by atoms with Crippen LogP contribution in [0.2, 0.25) is 0 Å². The van der Waals surface area contributed by atoms with Gasteiger partial charge in [-0.2, -0.15) is 0 Å². The monoisotopic (exact) mass is 458 g/mol. The number of carbonyl (C=O) groups is 2. The molecule has 32 heavy (non-hydrogen) atoms. The number of ether oxygens (including phenoxy) is 1.